The van der Waals surface area contributed by atoms with Crippen LogP contribution in [0.4, 0.5) is 8.78 Å². The van der Waals surface area contributed by atoms with Gasteiger partial charge in [-0.15, -0.1) is 0 Å². The maximum absolute atomic E-state index is 12.5. The van der Waals surface area contributed by atoms with E-state index in [1.54, 1.807) is 0 Å². The lowest BCUT2D eigenvalue weighted by molar-refractivity contribution is -0.0855. The fourth-order valence-corrected chi connectivity index (χ4v) is 6.75. The summed E-state index contributed by atoms with van der Waals surface area (Å²) in [6.45, 7) is 14.7. The zero-order chi connectivity index (χ0) is 34.4. The van der Waals surface area contributed by atoms with Crippen molar-refractivity contribution in [3.8, 4) is 0 Å². The number of esters is 2. The molecule has 3 heterocycles. The van der Waals surface area contributed by atoms with E-state index in [0.717, 1.165) is 78.3 Å². The molecule has 2 bridgehead atoms. The Morgan fingerprint density at radius 1 is 0.630 bits per heavy atom. The molecule has 7 heteroatoms. The Kier molecular flexibility index (Phi) is 16.6. The number of rotatable bonds is 0. The Bertz CT molecular complexity index is 1280. The predicted octanol–water partition coefficient (Wildman–Crippen LogP) is 9.55. The number of carbonyl (C=O) groups is 2. The molecule has 46 heavy (non-hydrogen) atoms. The first-order valence-corrected chi connectivity index (χ1v) is 16.7. The van der Waals surface area contributed by atoms with Gasteiger partial charge in [0.05, 0.1) is 43.8 Å². The maximum atomic E-state index is 12.5. The number of alkyl halides is 2. The number of halogens is 2. The van der Waals surface area contributed by atoms with Crippen LogP contribution in [0.15, 0.2) is 48.6 Å². The number of allylic oxidation sites excluding steroid dienone is 2. The van der Waals surface area contributed by atoms with Gasteiger partial charge in [0.1, 0.15) is 6.10 Å². The van der Waals surface area contributed by atoms with Crippen LogP contribution in [-0.2, 0) is 27.1 Å². The number of hydrogen-bond donors (Lipinski definition) is 0. The van der Waals surface area contributed by atoms with Crippen molar-refractivity contribution in [1.29, 1.82) is 0 Å². The molecule has 0 radical (unpaired) electrons. The van der Waals surface area contributed by atoms with Gasteiger partial charge in [0.25, 0.3) is 0 Å². The van der Waals surface area contributed by atoms with Gasteiger partial charge >= 0.3 is 11.9 Å². The van der Waals surface area contributed by atoms with Gasteiger partial charge in [0, 0.05) is 6.42 Å². The number of fused-ring (bicyclic) bond motifs is 4. The van der Waals surface area contributed by atoms with Crippen LogP contribution in [0, 0.1) is 31.6 Å². The number of carbonyl (C=O) groups excluding carboxylic acids is 2. The van der Waals surface area contributed by atoms with Gasteiger partial charge < -0.3 is 14.2 Å². The molecule has 5 nitrogen and oxygen atoms in total. The van der Waals surface area contributed by atoms with Crippen LogP contribution in [0.5, 0.6) is 0 Å². The molecule has 2 aromatic rings. The first-order chi connectivity index (χ1) is 22.0. The third kappa shape index (κ3) is 11.3. The highest BCUT2D eigenvalue weighted by Gasteiger charge is 2.32. The van der Waals surface area contributed by atoms with Gasteiger partial charge in [0.15, 0.2) is 0 Å². The number of cyclic esters (lactones) is 2. The third-order valence-electron chi connectivity index (χ3n) is 9.19. The second kappa shape index (κ2) is 19.6. The van der Waals surface area contributed by atoms with Crippen molar-refractivity contribution in [3.63, 3.8) is 0 Å². The summed E-state index contributed by atoms with van der Waals surface area (Å²) >= 11 is 0. The molecule has 7 atom stereocenters. The zero-order valence-electron chi connectivity index (χ0n) is 29.4. The lowest BCUT2D eigenvalue weighted by Crippen LogP contribution is -2.37. The molecule has 7 unspecified atom stereocenters. The minimum Gasteiger partial charge on any atom is -0.459 e. The molecule has 0 saturated carbocycles. The van der Waals surface area contributed by atoms with Crippen LogP contribution in [-0.4, -0.2) is 50.7 Å². The summed E-state index contributed by atoms with van der Waals surface area (Å²) in [7, 11) is 1.00. The molecule has 1 saturated heterocycles. The first-order valence-electron chi connectivity index (χ1n) is 16.7. The maximum Gasteiger partial charge on any atom is 0.338 e. The van der Waals surface area contributed by atoms with Crippen LogP contribution in [0.3, 0.4) is 0 Å². The first kappa shape index (κ1) is 39.1. The molecule has 0 aliphatic carbocycles. The summed E-state index contributed by atoms with van der Waals surface area (Å²) in [6, 6.07) is 12.0. The summed E-state index contributed by atoms with van der Waals surface area (Å²) in [4.78, 5) is 25.0. The summed E-state index contributed by atoms with van der Waals surface area (Å²) in [5.74, 6) is 1.48. The molecule has 3 aliphatic rings. The van der Waals surface area contributed by atoms with E-state index in [2.05, 4.69) is 32.9 Å². The predicted molar refractivity (Wildman–Crippen MR) is 182 cm³/mol. The van der Waals surface area contributed by atoms with Crippen molar-refractivity contribution < 1.29 is 32.6 Å². The van der Waals surface area contributed by atoms with Crippen LogP contribution in [0.25, 0.3) is 0 Å². The second-order valence-electron chi connectivity index (χ2n) is 13.1. The van der Waals surface area contributed by atoms with E-state index in [1.165, 1.54) is 0 Å². The normalized spacial score (nSPS) is 27.8. The SMILES string of the molecule is CF.CF.Cc1cccc2c1C(=O)OC(C)CC(C)C(C)CC=CC2.Cc1cccc2c1C(=O)OC(C)CC1CC(C)CC(C2)O1. The van der Waals surface area contributed by atoms with Crippen molar-refractivity contribution in [2.75, 3.05) is 14.4 Å². The van der Waals surface area contributed by atoms with Crippen LogP contribution in [0.1, 0.15) is 110 Å². The largest absolute Gasteiger partial charge is 0.459 e. The van der Waals surface area contributed by atoms with E-state index in [-0.39, 0.29) is 36.4 Å². The van der Waals surface area contributed by atoms with E-state index in [1.807, 2.05) is 64.1 Å². The number of aryl methyl sites for hydroxylation is 2. The van der Waals surface area contributed by atoms with Gasteiger partial charge in [-0.1, -0.05) is 69.3 Å². The average Bonchev–Trinajstić information content (AvgIpc) is 3.00. The monoisotopic (exact) mass is 642 g/mol. The number of benzene rings is 2. The highest BCUT2D eigenvalue weighted by Crippen LogP contribution is 2.32. The lowest BCUT2D eigenvalue weighted by atomic mass is 9.87. The van der Waals surface area contributed by atoms with Crippen molar-refractivity contribution in [2.24, 2.45) is 17.8 Å². The van der Waals surface area contributed by atoms with E-state index >= 15 is 0 Å². The highest BCUT2D eigenvalue weighted by molar-refractivity contribution is 5.93. The van der Waals surface area contributed by atoms with Gasteiger partial charge in [-0.05, 0) is 106 Å². The minimum absolute atomic E-state index is 0.0363. The third-order valence-corrected chi connectivity index (χ3v) is 9.19. The van der Waals surface area contributed by atoms with Crippen LogP contribution < -0.4 is 0 Å². The summed E-state index contributed by atoms with van der Waals surface area (Å²) < 4.78 is 36.6. The Balaban J connectivity index is 0.000000289. The highest BCUT2D eigenvalue weighted by atomic mass is 19.1. The zero-order valence-corrected chi connectivity index (χ0v) is 29.4. The summed E-state index contributed by atoms with van der Waals surface area (Å²) in [5.41, 5.74) is 5.60. The topological polar surface area (TPSA) is 61.8 Å². The second-order valence-corrected chi connectivity index (χ2v) is 13.1. The van der Waals surface area contributed by atoms with Gasteiger partial charge in [-0.3, -0.25) is 8.78 Å². The molecule has 0 N–H and O–H groups in total. The summed E-state index contributed by atoms with van der Waals surface area (Å²) in [5, 5.41) is 0. The quantitative estimate of drug-likeness (QED) is 0.212. The van der Waals surface area contributed by atoms with Crippen molar-refractivity contribution >= 4 is 11.9 Å². The molecule has 0 aromatic heterocycles. The van der Waals surface area contributed by atoms with E-state index in [0.29, 0.717) is 32.1 Å². The van der Waals surface area contributed by atoms with Gasteiger partial charge in [-0.25, -0.2) is 9.59 Å². The molecule has 1 fully saturated rings. The number of hydrogen-bond acceptors (Lipinski definition) is 5. The van der Waals surface area contributed by atoms with Gasteiger partial charge in [-0.2, -0.15) is 0 Å². The average molecular weight is 643 g/mol. The molecule has 3 aliphatic heterocycles. The van der Waals surface area contributed by atoms with Crippen molar-refractivity contribution in [1.82, 2.24) is 0 Å². The van der Waals surface area contributed by atoms with Gasteiger partial charge in [0.2, 0.25) is 0 Å². The molecule has 5 rings (SSSR count). The number of ether oxygens (including phenoxy) is 3. The summed E-state index contributed by atoms with van der Waals surface area (Å²) in [6.07, 6.45) is 11.3. The molecular weight excluding hydrogens is 586 g/mol. The Morgan fingerprint density at radius 3 is 1.76 bits per heavy atom. The Morgan fingerprint density at radius 2 is 1.15 bits per heavy atom. The van der Waals surface area contributed by atoms with Crippen LogP contribution >= 0.6 is 0 Å². The Labute approximate surface area is 276 Å². The molecule has 0 spiro atoms. The lowest BCUT2D eigenvalue weighted by Gasteiger charge is -2.36. The molecule has 2 aromatic carbocycles. The van der Waals surface area contributed by atoms with E-state index in [9.17, 15) is 18.4 Å². The fraction of sp³-hybridized carbons (Fsp3) is 0.590. The standard InChI is InChI=1S/C19H26O2.C18H24O3.2CH3F/c1-13-8-5-6-10-17-11-7-9-14(2)18(17)19(20)21-16(4)12-15(13)3;1-11-7-15-9-13(3)20-18(19)17-12(2)5-4-6-14(17)10-16(8-11)21-15;2*1-2/h5-7,9,11,13,15-16H,8,10,12H2,1-4H3;4-6,11,13,15-16H,7-10H2,1-3H3;2*1H3. The molecular formula is C39H56F2O5. The van der Waals surface area contributed by atoms with Crippen molar-refractivity contribution in [3.05, 3.63) is 81.9 Å². The Hall–Kier alpha value is -3.06. The molecule has 256 valence electrons. The van der Waals surface area contributed by atoms with Crippen molar-refractivity contribution in [2.45, 2.75) is 118 Å². The fourth-order valence-electron chi connectivity index (χ4n) is 6.75. The smallest absolute Gasteiger partial charge is 0.338 e. The van der Waals surface area contributed by atoms with Crippen LogP contribution in [0.2, 0.25) is 0 Å². The van der Waals surface area contributed by atoms with E-state index < -0.39 is 0 Å². The minimum atomic E-state index is -0.177. The van der Waals surface area contributed by atoms with E-state index in [4.69, 9.17) is 14.2 Å². The molecule has 0 amide bonds.